The van der Waals surface area contributed by atoms with E-state index in [2.05, 4.69) is 26.0 Å². The summed E-state index contributed by atoms with van der Waals surface area (Å²) in [5.41, 5.74) is 8.05. The van der Waals surface area contributed by atoms with Crippen LogP contribution in [0.2, 0.25) is 0 Å². The van der Waals surface area contributed by atoms with Crippen LogP contribution in [0, 0.1) is 11.8 Å². The van der Waals surface area contributed by atoms with Gasteiger partial charge in [-0.3, -0.25) is 14.5 Å². The normalized spacial score (nSPS) is 21.2. The third-order valence-electron chi connectivity index (χ3n) is 7.80. The van der Waals surface area contributed by atoms with E-state index in [1.165, 1.54) is 5.56 Å². The van der Waals surface area contributed by atoms with Gasteiger partial charge in [-0.05, 0) is 48.6 Å². The van der Waals surface area contributed by atoms with E-state index in [0.717, 1.165) is 50.8 Å². The Bertz CT molecular complexity index is 1110. The third-order valence-corrected chi connectivity index (χ3v) is 7.80. The van der Waals surface area contributed by atoms with Crippen molar-refractivity contribution in [3.05, 3.63) is 65.7 Å². The highest BCUT2D eigenvalue weighted by Gasteiger charge is 2.49. The zero-order valence-electron chi connectivity index (χ0n) is 22.2. The lowest BCUT2D eigenvalue weighted by Crippen LogP contribution is -2.47. The lowest BCUT2D eigenvalue weighted by Gasteiger charge is -2.35. The summed E-state index contributed by atoms with van der Waals surface area (Å²) in [5, 5.41) is 0. The Balaban J connectivity index is 1.34. The first-order valence-corrected chi connectivity index (χ1v) is 13.7. The number of amides is 2. The number of nitrogens with zero attached hydrogens (tertiary/aromatic N) is 3. The summed E-state index contributed by atoms with van der Waals surface area (Å²) in [6.07, 6.45) is 5.62. The molecule has 0 aromatic heterocycles. The highest BCUT2D eigenvalue weighted by molar-refractivity contribution is 6.32. The summed E-state index contributed by atoms with van der Waals surface area (Å²) in [6.45, 7) is 6.23. The van der Waals surface area contributed by atoms with Crippen LogP contribution in [0.4, 0.5) is 0 Å². The maximum atomic E-state index is 13.8. The standard InChI is InChI=1S/C30H39BN4O2/c1-3-4-15-30(25-11-8-12-26(31)20-25)28(37)35(29(32)33-30)21-24-13-16-34(17-14-24)27(36)19-22(2)18-23-9-6-5-7-10-23/h5-12,20,22,24H,3-4,13-19,21H2,1-2H3,(H2,32,33)/t22-,30?/m0/s1. The molecule has 2 aromatic carbocycles. The average molecular weight is 498 g/mol. The van der Waals surface area contributed by atoms with Gasteiger partial charge in [0.1, 0.15) is 7.85 Å². The summed E-state index contributed by atoms with van der Waals surface area (Å²) < 4.78 is 0. The highest BCUT2D eigenvalue weighted by Crippen LogP contribution is 2.38. The van der Waals surface area contributed by atoms with Gasteiger partial charge in [0.25, 0.3) is 5.91 Å². The van der Waals surface area contributed by atoms with E-state index in [4.69, 9.17) is 18.6 Å². The smallest absolute Gasteiger partial charge is 0.261 e. The molecule has 2 aliphatic rings. The van der Waals surface area contributed by atoms with Crippen molar-refractivity contribution < 1.29 is 9.59 Å². The first-order valence-electron chi connectivity index (χ1n) is 13.7. The number of piperidine rings is 1. The van der Waals surface area contributed by atoms with E-state index < -0.39 is 5.54 Å². The molecule has 4 rings (SSSR count). The molecule has 2 radical (unpaired) electrons. The molecule has 2 amide bonds. The third kappa shape index (κ3) is 6.26. The number of guanidine groups is 1. The summed E-state index contributed by atoms with van der Waals surface area (Å²) >= 11 is 0. The van der Waals surface area contributed by atoms with Crippen molar-refractivity contribution in [1.82, 2.24) is 9.80 Å². The van der Waals surface area contributed by atoms with Crippen molar-refractivity contribution in [2.75, 3.05) is 19.6 Å². The van der Waals surface area contributed by atoms with Crippen molar-refractivity contribution in [2.24, 2.45) is 22.6 Å². The van der Waals surface area contributed by atoms with Crippen molar-refractivity contribution in [1.29, 1.82) is 0 Å². The van der Waals surface area contributed by atoms with Gasteiger partial charge in [-0.1, -0.05) is 86.7 Å². The van der Waals surface area contributed by atoms with Gasteiger partial charge in [-0.2, -0.15) is 0 Å². The fraction of sp³-hybridized carbons (Fsp3) is 0.500. The molecule has 2 heterocycles. The van der Waals surface area contributed by atoms with E-state index in [1.54, 1.807) is 4.90 Å². The van der Waals surface area contributed by atoms with Gasteiger partial charge in [-0.25, -0.2) is 4.99 Å². The van der Waals surface area contributed by atoms with Crippen LogP contribution in [-0.4, -0.2) is 55.1 Å². The van der Waals surface area contributed by atoms with Gasteiger partial charge in [-0.15, -0.1) is 0 Å². The molecular weight excluding hydrogens is 459 g/mol. The molecule has 0 bridgehead atoms. The maximum absolute atomic E-state index is 13.8. The van der Waals surface area contributed by atoms with Crippen LogP contribution in [-0.2, 0) is 21.5 Å². The molecule has 2 aromatic rings. The largest absolute Gasteiger partial charge is 0.369 e. The van der Waals surface area contributed by atoms with Crippen molar-refractivity contribution >= 4 is 31.1 Å². The number of carbonyl (C=O) groups excluding carboxylic acids is 2. The Morgan fingerprint density at radius 1 is 1.16 bits per heavy atom. The molecule has 0 spiro atoms. The fourth-order valence-electron chi connectivity index (χ4n) is 5.67. The predicted octanol–water partition coefficient (Wildman–Crippen LogP) is 3.53. The Kier molecular flexibility index (Phi) is 8.73. The predicted molar refractivity (Wildman–Crippen MR) is 150 cm³/mol. The van der Waals surface area contributed by atoms with E-state index in [9.17, 15) is 9.59 Å². The van der Waals surface area contributed by atoms with Crippen LogP contribution < -0.4 is 11.2 Å². The molecule has 194 valence electrons. The van der Waals surface area contributed by atoms with Crippen LogP contribution in [0.5, 0.6) is 0 Å². The minimum Gasteiger partial charge on any atom is -0.369 e. The van der Waals surface area contributed by atoms with E-state index in [0.29, 0.717) is 30.8 Å². The quantitative estimate of drug-likeness (QED) is 0.509. The van der Waals surface area contributed by atoms with Crippen LogP contribution in [0.3, 0.4) is 0 Å². The number of hydrogen-bond donors (Lipinski definition) is 1. The summed E-state index contributed by atoms with van der Waals surface area (Å²) in [6, 6.07) is 17.8. The van der Waals surface area contributed by atoms with Gasteiger partial charge in [0.2, 0.25) is 5.91 Å². The van der Waals surface area contributed by atoms with Crippen molar-refractivity contribution in [3.63, 3.8) is 0 Å². The minimum atomic E-state index is -0.999. The maximum Gasteiger partial charge on any atom is 0.261 e. The molecule has 0 aliphatic carbocycles. The van der Waals surface area contributed by atoms with E-state index in [-0.39, 0.29) is 23.7 Å². The minimum absolute atomic E-state index is 0.0581. The monoisotopic (exact) mass is 498 g/mol. The zero-order chi connectivity index (χ0) is 26.4. The first-order chi connectivity index (χ1) is 17.8. The number of benzene rings is 2. The SMILES string of the molecule is [B]c1cccc(C2(CCCC)N=C(N)N(CC3CCN(C(=O)C[C@@H](C)Cc4ccccc4)CC3)C2=O)c1. The van der Waals surface area contributed by atoms with Crippen molar-refractivity contribution in [2.45, 2.75) is 64.3 Å². The van der Waals surface area contributed by atoms with Gasteiger partial charge >= 0.3 is 0 Å². The number of aliphatic imine (C=N–C) groups is 1. The first kappa shape index (κ1) is 27.0. The van der Waals surface area contributed by atoms with Crippen LogP contribution in [0.15, 0.2) is 59.6 Å². The Morgan fingerprint density at radius 3 is 2.57 bits per heavy atom. The zero-order valence-corrected chi connectivity index (χ0v) is 22.2. The highest BCUT2D eigenvalue weighted by atomic mass is 16.2. The number of unbranched alkanes of at least 4 members (excludes halogenated alkanes) is 1. The molecule has 2 N–H and O–H groups in total. The second kappa shape index (κ2) is 12.0. The van der Waals surface area contributed by atoms with Gasteiger partial charge in [0, 0.05) is 26.1 Å². The molecule has 7 heteroatoms. The van der Waals surface area contributed by atoms with E-state index in [1.807, 2.05) is 47.4 Å². The van der Waals surface area contributed by atoms with Crippen LogP contribution >= 0.6 is 0 Å². The molecule has 1 saturated heterocycles. The van der Waals surface area contributed by atoms with Crippen LogP contribution in [0.1, 0.15) is 63.5 Å². The number of nitrogens with two attached hydrogens (primary N) is 1. The van der Waals surface area contributed by atoms with Gasteiger partial charge < -0.3 is 10.6 Å². The lowest BCUT2D eigenvalue weighted by atomic mass is 9.81. The molecule has 37 heavy (non-hydrogen) atoms. The summed E-state index contributed by atoms with van der Waals surface area (Å²) in [4.78, 5) is 35.1. The molecule has 2 aliphatic heterocycles. The molecule has 1 unspecified atom stereocenters. The number of hydrogen-bond acceptors (Lipinski definition) is 4. The fourth-order valence-corrected chi connectivity index (χ4v) is 5.67. The topological polar surface area (TPSA) is 79.0 Å². The lowest BCUT2D eigenvalue weighted by molar-refractivity contribution is -0.135. The summed E-state index contributed by atoms with van der Waals surface area (Å²) in [7, 11) is 6.05. The van der Waals surface area contributed by atoms with E-state index >= 15 is 0 Å². The van der Waals surface area contributed by atoms with Crippen LogP contribution in [0.25, 0.3) is 0 Å². The second-order valence-corrected chi connectivity index (χ2v) is 10.8. The number of likely N-dealkylation sites (tertiary alicyclic amines) is 1. The van der Waals surface area contributed by atoms with Gasteiger partial charge in [0.15, 0.2) is 11.5 Å². The summed E-state index contributed by atoms with van der Waals surface area (Å²) in [5.74, 6) is 1.04. The Morgan fingerprint density at radius 2 is 1.89 bits per heavy atom. The van der Waals surface area contributed by atoms with Crippen molar-refractivity contribution in [3.8, 4) is 0 Å². The molecule has 1 fully saturated rings. The van der Waals surface area contributed by atoms with Gasteiger partial charge in [0.05, 0.1) is 0 Å². The molecule has 0 saturated carbocycles. The number of rotatable bonds is 10. The molecule has 6 nitrogen and oxygen atoms in total. The average Bonchev–Trinajstić information content (AvgIpc) is 3.13. The second-order valence-electron chi connectivity index (χ2n) is 10.8. The molecular formula is C30H39BN4O2. The molecule has 2 atom stereocenters. The Hall–Kier alpha value is -3.09. The number of carbonyl (C=O) groups is 2. The Labute approximate surface area is 222 Å².